The number of fused-ring (bicyclic) bond motifs is 1. The van der Waals surface area contributed by atoms with E-state index in [4.69, 9.17) is 9.47 Å². The van der Waals surface area contributed by atoms with Crippen LogP contribution in [0.25, 0.3) is 0 Å². The third-order valence-electron chi connectivity index (χ3n) is 9.35. The number of allylic oxidation sites excluding steroid dienone is 1. The van der Waals surface area contributed by atoms with Crippen molar-refractivity contribution in [3.8, 4) is 0 Å². The largest absolute Gasteiger partial charge is 0.394 e. The van der Waals surface area contributed by atoms with Crippen molar-refractivity contribution in [2.24, 2.45) is 22.7 Å². The Morgan fingerprint density at radius 3 is 2.47 bits per heavy atom. The maximum Gasteiger partial charge on any atom is 0.187 e. The summed E-state index contributed by atoms with van der Waals surface area (Å²) in [5.41, 5.74) is 1.70. The average Bonchev–Trinajstić information content (AvgIpc) is 2.82. The highest BCUT2D eigenvalue weighted by Gasteiger charge is 2.59. The molecule has 0 amide bonds. The molecule has 6 N–H and O–H groups in total. The van der Waals surface area contributed by atoms with Crippen LogP contribution in [-0.4, -0.2) is 87.3 Å². The van der Waals surface area contributed by atoms with Crippen LogP contribution >= 0.6 is 0 Å². The second-order valence-electron chi connectivity index (χ2n) is 11.0. The Balaban J connectivity index is 1.88. The molecule has 0 aromatic heterocycles. The lowest BCUT2D eigenvalue weighted by molar-refractivity contribution is -0.327. The molecule has 1 heterocycles. The highest BCUT2D eigenvalue weighted by molar-refractivity contribution is 5.24. The van der Waals surface area contributed by atoms with E-state index in [1.165, 1.54) is 5.57 Å². The summed E-state index contributed by atoms with van der Waals surface area (Å²) in [6.07, 6.45) is 1.44. The summed E-state index contributed by atoms with van der Waals surface area (Å²) in [4.78, 5) is 0. The van der Waals surface area contributed by atoms with Gasteiger partial charge in [-0.15, -0.1) is 0 Å². The van der Waals surface area contributed by atoms with Crippen molar-refractivity contribution in [3.63, 3.8) is 0 Å². The summed E-state index contributed by atoms with van der Waals surface area (Å²) in [6.45, 7) is 8.23. The molecule has 3 rings (SSSR count). The summed E-state index contributed by atoms with van der Waals surface area (Å²) in [7, 11) is 0. The van der Waals surface area contributed by atoms with Crippen LogP contribution in [0.1, 0.15) is 59.8 Å². The summed E-state index contributed by atoms with van der Waals surface area (Å²) in [6, 6.07) is 0. The Morgan fingerprint density at radius 1 is 1.15 bits per heavy atom. The van der Waals surface area contributed by atoms with E-state index in [1.54, 1.807) is 6.08 Å². The highest BCUT2D eigenvalue weighted by atomic mass is 16.7. The molecule has 0 bridgehead atoms. The van der Waals surface area contributed by atoms with Crippen molar-refractivity contribution < 1.29 is 40.1 Å². The fourth-order valence-electron chi connectivity index (χ4n) is 6.70. The molecule has 0 radical (unpaired) electrons. The third-order valence-corrected chi connectivity index (χ3v) is 9.35. The molecular formula is C26H44O8. The van der Waals surface area contributed by atoms with Crippen molar-refractivity contribution in [3.05, 3.63) is 23.3 Å². The minimum atomic E-state index is -1.47. The van der Waals surface area contributed by atoms with Gasteiger partial charge in [0.1, 0.15) is 24.4 Å². The van der Waals surface area contributed by atoms with Gasteiger partial charge in [-0.05, 0) is 61.9 Å². The van der Waals surface area contributed by atoms with E-state index < -0.39 is 37.3 Å². The van der Waals surface area contributed by atoms with Gasteiger partial charge in [0.15, 0.2) is 6.29 Å². The van der Waals surface area contributed by atoms with Crippen LogP contribution in [0.4, 0.5) is 0 Å². The number of ether oxygens (including phenoxy) is 2. The quantitative estimate of drug-likeness (QED) is 0.283. The second kappa shape index (κ2) is 11.0. The van der Waals surface area contributed by atoms with E-state index in [0.717, 1.165) is 24.8 Å². The van der Waals surface area contributed by atoms with Crippen LogP contribution in [-0.2, 0) is 9.47 Å². The van der Waals surface area contributed by atoms with Gasteiger partial charge in [0.05, 0.1) is 25.9 Å². The first-order valence-electron chi connectivity index (χ1n) is 12.6. The molecule has 2 aliphatic carbocycles. The van der Waals surface area contributed by atoms with Gasteiger partial charge in [-0.3, -0.25) is 0 Å². The van der Waals surface area contributed by atoms with Gasteiger partial charge < -0.3 is 40.1 Å². The van der Waals surface area contributed by atoms with Crippen LogP contribution in [0.3, 0.4) is 0 Å². The summed E-state index contributed by atoms with van der Waals surface area (Å²) < 4.78 is 12.1. The predicted octanol–water partition coefficient (Wildman–Crippen LogP) is 1.27. The SMILES string of the molecule is CC1=CCC[C@@H]2[C@@](C)(CC/C(=C/CO)CO)[C@H](C)C[C@H](O[C@@H]3O[C@H](CO)[C@@H](O)[C@H](O)[C@H]3O)[C@@]12C. The first-order chi connectivity index (χ1) is 16.0. The van der Waals surface area contributed by atoms with Crippen molar-refractivity contribution >= 4 is 0 Å². The molecule has 0 spiro atoms. The molecule has 8 heteroatoms. The molecule has 10 atom stereocenters. The molecule has 0 aromatic rings. The number of hydrogen-bond acceptors (Lipinski definition) is 8. The molecule has 3 aliphatic rings. The van der Waals surface area contributed by atoms with Gasteiger partial charge in [-0.25, -0.2) is 0 Å². The second-order valence-corrected chi connectivity index (χ2v) is 11.0. The number of hydrogen-bond donors (Lipinski definition) is 6. The van der Waals surface area contributed by atoms with Crippen molar-refractivity contribution in [1.29, 1.82) is 0 Å². The average molecular weight is 485 g/mol. The molecular weight excluding hydrogens is 440 g/mol. The van der Waals surface area contributed by atoms with Crippen LogP contribution in [0.15, 0.2) is 23.3 Å². The molecule has 196 valence electrons. The van der Waals surface area contributed by atoms with Crippen molar-refractivity contribution in [2.75, 3.05) is 19.8 Å². The number of rotatable bonds is 8. The first kappa shape index (κ1) is 27.7. The van der Waals surface area contributed by atoms with E-state index in [2.05, 4.69) is 33.8 Å². The van der Waals surface area contributed by atoms with E-state index >= 15 is 0 Å². The molecule has 1 aliphatic heterocycles. The first-order valence-corrected chi connectivity index (χ1v) is 12.6. The van der Waals surface area contributed by atoms with Gasteiger partial charge in [-0.1, -0.05) is 38.5 Å². The maximum atomic E-state index is 10.6. The molecule has 1 saturated heterocycles. The van der Waals surface area contributed by atoms with Crippen LogP contribution in [0, 0.1) is 22.7 Å². The monoisotopic (exact) mass is 484 g/mol. The fraction of sp³-hybridized carbons (Fsp3) is 0.846. The Labute approximate surface area is 202 Å². The fourth-order valence-corrected chi connectivity index (χ4v) is 6.70. The topological polar surface area (TPSA) is 140 Å². The lowest BCUT2D eigenvalue weighted by atomic mass is 9.46. The number of aliphatic hydroxyl groups excluding tert-OH is 6. The molecule has 0 aromatic carbocycles. The normalized spacial score (nSPS) is 45.6. The zero-order valence-electron chi connectivity index (χ0n) is 20.9. The Kier molecular flexibility index (Phi) is 9.02. The third kappa shape index (κ3) is 4.89. The van der Waals surface area contributed by atoms with Crippen LogP contribution in [0.2, 0.25) is 0 Å². The number of aliphatic hydroxyl groups is 6. The van der Waals surface area contributed by atoms with E-state index in [9.17, 15) is 30.6 Å². The Bertz CT molecular complexity index is 751. The molecule has 0 unspecified atom stereocenters. The lowest BCUT2D eigenvalue weighted by Gasteiger charge is -2.61. The lowest BCUT2D eigenvalue weighted by Crippen LogP contribution is -2.62. The van der Waals surface area contributed by atoms with Gasteiger partial charge in [0.2, 0.25) is 0 Å². The van der Waals surface area contributed by atoms with Crippen molar-refractivity contribution in [2.45, 2.75) is 96.6 Å². The van der Waals surface area contributed by atoms with E-state index in [-0.39, 0.29) is 42.0 Å². The summed E-state index contributed by atoms with van der Waals surface area (Å²) >= 11 is 0. The standard InChI is InChI=1S/C26H44O8/c1-15-6-5-7-19-25(3,10-8-17(13-28)9-11-27)16(2)12-20(26(15,19)4)34-24-23(32)22(31)21(30)18(14-29)33-24/h6,9,16,18-24,27-32H,5,7-8,10-14H2,1-4H3/b17-9-/t16-,18-,19-,20+,21-,22+,23-,24+,25+,26+/m1/s1. The molecule has 8 nitrogen and oxygen atoms in total. The zero-order chi connectivity index (χ0) is 25.3. The van der Waals surface area contributed by atoms with Gasteiger partial charge in [0, 0.05) is 5.41 Å². The van der Waals surface area contributed by atoms with Gasteiger partial charge in [-0.2, -0.15) is 0 Å². The maximum absolute atomic E-state index is 10.6. The summed E-state index contributed by atoms with van der Waals surface area (Å²) in [5.74, 6) is 0.540. The summed E-state index contributed by atoms with van der Waals surface area (Å²) in [5, 5.41) is 59.5. The van der Waals surface area contributed by atoms with Crippen molar-refractivity contribution in [1.82, 2.24) is 0 Å². The predicted molar refractivity (Wildman–Crippen MR) is 127 cm³/mol. The minimum Gasteiger partial charge on any atom is -0.394 e. The Morgan fingerprint density at radius 2 is 1.85 bits per heavy atom. The highest BCUT2D eigenvalue weighted by Crippen LogP contribution is 2.63. The smallest absolute Gasteiger partial charge is 0.187 e. The minimum absolute atomic E-state index is 0.0385. The van der Waals surface area contributed by atoms with Gasteiger partial charge >= 0.3 is 0 Å². The van der Waals surface area contributed by atoms with Crippen LogP contribution < -0.4 is 0 Å². The molecule has 1 saturated carbocycles. The van der Waals surface area contributed by atoms with Gasteiger partial charge in [0.25, 0.3) is 0 Å². The van der Waals surface area contributed by atoms with E-state index in [0.29, 0.717) is 12.8 Å². The molecule has 34 heavy (non-hydrogen) atoms. The Hall–Kier alpha value is -0.840. The molecule has 2 fully saturated rings. The van der Waals surface area contributed by atoms with Crippen LogP contribution in [0.5, 0.6) is 0 Å². The zero-order valence-corrected chi connectivity index (χ0v) is 20.9. The van der Waals surface area contributed by atoms with E-state index in [1.807, 2.05) is 0 Å².